The van der Waals surface area contributed by atoms with Crippen molar-refractivity contribution in [1.82, 2.24) is 9.78 Å². The number of fused-ring (bicyclic) bond motifs is 1. The number of anilines is 1. The molecule has 0 unspecified atom stereocenters. The summed E-state index contributed by atoms with van der Waals surface area (Å²) < 4.78 is 13.7. The molecule has 1 atom stereocenters. The number of amides is 1. The fourth-order valence-corrected chi connectivity index (χ4v) is 4.59. The number of hydrogen-bond donors (Lipinski definition) is 1. The molecule has 1 aromatic rings. The smallest absolute Gasteiger partial charge is 0.228 e. The van der Waals surface area contributed by atoms with Crippen molar-refractivity contribution < 1.29 is 9.00 Å². The summed E-state index contributed by atoms with van der Waals surface area (Å²) in [6.45, 7) is 6.22. The minimum Gasteiger partial charge on any atom is -0.310 e. The van der Waals surface area contributed by atoms with Crippen molar-refractivity contribution in [3.63, 3.8) is 0 Å². The zero-order chi connectivity index (χ0) is 15.9. The van der Waals surface area contributed by atoms with Gasteiger partial charge >= 0.3 is 0 Å². The molecule has 2 heterocycles. The van der Waals surface area contributed by atoms with Crippen molar-refractivity contribution >= 4 is 22.5 Å². The monoisotopic (exact) mass is 323 g/mol. The summed E-state index contributed by atoms with van der Waals surface area (Å²) in [4.78, 5) is 12.6. The maximum absolute atomic E-state index is 12.6. The van der Waals surface area contributed by atoms with Crippen molar-refractivity contribution in [1.29, 1.82) is 0 Å². The highest BCUT2D eigenvalue weighted by molar-refractivity contribution is 7.83. The Labute approximate surface area is 134 Å². The summed E-state index contributed by atoms with van der Waals surface area (Å²) in [6, 6.07) is 0. The quantitative estimate of drug-likeness (QED) is 0.910. The molecule has 1 saturated carbocycles. The molecule has 1 amide bonds. The lowest BCUT2D eigenvalue weighted by molar-refractivity contribution is -0.120. The van der Waals surface area contributed by atoms with E-state index in [2.05, 4.69) is 31.2 Å². The van der Waals surface area contributed by atoms with Gasteiger partial charge in [0.1, 0.15) is 5.82 Å². The van der Waals surface area contributed by atoms with E-state index in [9.17, 15) is 9.00 Å². The van der Waals surface area contributed by atoms with Gasteiger partial charge in [-0.1, -0.05) is 19.3 Å². The summed E-state index contributed by atoms with van der Waals surface area (Å²) in [5.74, 6) is 1.99. The van der Waals surface area contributed by atoms with Crippen LogP contribution < -0.4 is 5.32 Å². The average Bonchev–Trinajstić information content (AvgIpc) is 2.97. The maximum atomic E-state index is 12.6. The molecule has 0 saturated heterocycles. The van der Waals surface area contributed by atoms with Gasteiger partial charge in [0.15, 0.2) is 0 Å². The number of aromatic nitrogens is 2. The lowest BCUT2D eigenvalue weighted by Crippen LogP contribution is -2.30. The molecule has 5 nitrogen and oxygen atoms in total. The molecule has 1 aromatic heterocycles. The third-order valence-electron chi connectivity index (χ3n) is 4.52. The Bertz CT molecular complexity index is 610. The minimum absolute atomic E-state index is 0.102. The van der Waals surface area contributed by atoms with Crippen molar-refractivity contribution in [2.24, 2.45) is 5.92 Å². The van der Waals surface area contributed by atoms with Gasteiger partial charge in [0.25, 0.3) is 0 Å². The van der Waals surface area contributed by atoms with Gasteiger partial charge in [-0.2, -0.15) is 5.10 Å². The zero-order valence-electron chi connectivity index (χ0n) is 13.6. The van der Waals surface area contributed by atoms with Crippen molar-refractivity contribution in [3.05, 3.63) is 11.3 Å². The van der Waals surface area contributed by atoms with E-state index in [1.165, 1.54) is 6.42 Å². The van der Waals surface area contributed by atoms with Crippen LogP contribution in [0, 0.1) is 5.92 Å². The Morgan fingerprint density at radius 1 is 1.23 bits per heavy atom. The van der Waals surface area contributed by atoms with Gasteiger partial charge in [-0.15, -0.1) is 0 Å². The average molecular weight is 323 g/mol. The van der Waals surface area contributed by atoms with Crippen LogP contribution in [0.5, 0.6) is 0 Å². The SMILES string of the molecule is CC(C)(C)n1nc2c(c1NC(=O)C1CCCCC1)C[S@](=O)C2. The Balaban J connectivity index is 1.88. The molecular formula is C16H25N3O2S. The van der Waals surface area contributed by atoms with Gasteiger partial charge in [-0.05, 0) is 33.6 Å². The lowest BCUT2D eigenvalue weighted by atomic mass is 9.88. The first-order valence-electron chi connectivity index (χ1n) is 8.13. The van der Waals surface area contributed by atoms with E-state index < -0.39 is 10.8 Å². The van der Waals surface area contributed by atoms with E-state index in [-0.39, 0.29) is 17.4 Å². The van der Waals surface area contributed by atoms with Crippen LogP contribution in [0.15, 0.2) is 0 Å². The van der Waals surface area contributed by atoms with Crippen molar-refractivity contribution in [2.75, 3.05) is 5.32 Å². The Kier molecular flexibility index (Phi) is 4.14. The molecule has 1 aliphatic carbocycles. The molecule has 0 aromatic carbocycles. The Morgan fingerprint density at radius 2 is 1.91 bits per heavy atom. The minimum atomic E-state index is -0.880. The van der Waals surface area contributed by atoms with Crippen LogP contribution >= 0.6 is 0 Å². The molecule has 0 spiro atoms. The first-order chi connectivity index (χ1) is 10.4. The van der Waals surface area contributed by atoms with Gasteiger partial charge in [0, 0.05) is 22.3 Å². The van der Waals surface area contributed by atoms with Crippen LogP contribution in [0.3, 0.4) is 0 Å². The maximum Gasteiger partial charge on any atom is 0.228 e. The third-order valence-corrected chi connectivity index (χ3v) is 5.73. The Morgan fingerprint density at radius 3 is 2.55 bits per heavy atom. The molecule has 1 N–H and O–H groups in total. The first kappa shape index (κ1) is 15.7. The number of rotatable bonds is 2. The van der Waals surface area contributed by atoms with E-state index >= 15 is 0 Å². The summed E-state index contributed by atoms with van der Waals surface area (Å²) in [5.41, 5.74) is 1.64. The molecule has 0 radical (unpaired) electrons. The molecule has 1 aliphatic heterocycles. The van der Waals surface area contributed by atoms with Gasteiger partial charge in [0.05, 0.1) is 22.7 Å². The first-order valence-corrected chi connectivity index (χ1v) is 9.62. The highest BCUT2D eigenvalue weighted by Crippen LogP contribution is 2.34. The van der Waals surface area contributed by atoms with Crippen LogP contribution in [-0.2, 0) is 32.6 Å². The van der Waals surface area contributed by atoms with Gasteiger partial charge in [0.2, 0.25) is 5.91 Å². The standard InChI is InChI=1S/C16H25N3O2S/c1-16(2,3)19-14(12-9-22(21)10-13(12)18-19)17-15(20)11-7-5-4-6-8-11/h11H,4-10H2,1-3H3,(H,17,20)/t22-/m0/s1. The fourth-order valence-electron chi connectivity index (χ4n) is 3.33. The number of carbonyl (C=O) groups excluding carboxylic acids is 1. The highest BCUT2D eigenvalue weighted by Gasteiger charge is 2.32. The second kappa shape index (κ2) is 5.80. The topological polar surface area (TPSA) is 64.0 Å². The largest absolute Gasteiger partial charge is 0.310 e. The van der Waals surface area contributed by atoms with Crippen LogP contribution in [-0.4, -0.2) is 19.9 Å². The predicted molar refractivity (Wildman–Crippen MR) is 88.0 cm³/mol. The molecular weight excluding hydrogens is 298 g/mol. The van der Waals surface area contributed by atoms with Crippen molar-refractivity contribution in [2.45, 2.75) is 69.9 Å². The zero-order valence-corrected chi connectivity index (χ0v) is 14.5. The predicted octanol–water partition coefficient (Wildman–Crippen LogP) is 2.92. The molecule has 2 aliphatic rings. The Hall–Kier alpha value is -1.17. The third kappa shape index (κ3) is 2.98. The normalized spacial score (nSPS) is 22.6. The van der Waals surface area contributed by atoms with E-state index in [1.807, 2.05) is 4.68 Å². The summed E-state index contributed by atoms with van der Waals surface area (Å²) in [5, 5.41) is 7.73. The summed E-state index contributed by atoms with van der Waals surface area (Å²) in [6.07, 6.45) is 5.46. The lowest BCUT2D eigenvalue weighted by Gasteiger charge is -2.25. The van der Waals surface area contributed by atoms with E-state index in [1.54, 1.807) is 0 Å². The number of hydrogen-bond acceptors (Lipinski definition) is 3. The number of nitrogens with one attached hydrogen (secondary N) is 1. The van der Waals surface area contributed by atoms with Crippen LogP contribution in [0.2, 0.25) is 0 Å². The second-order valence-corrected chi connectivity index (χ2v) is 8.87. The molecule has 3 rings (SSSR count). The molecule has 6 heteroatoms. The summed E-state index contributed by atoms with van der Waals surface area (Å²) >= 11 is 0. The van der Waals surface area contributed by atoms with E-state index in [4.69, 9.17) is 0 Å². The number of carbonyl (C=O) groups is 1. The van der Waals surface area contributed by atoms with Gasteiger partial charge in [-0.25, -0.2) is 4.68 Å². The molecule has 0 bridgehead atoms. The van der Waals surface area contributed by atoms with Gasteiger partial charge < -0.3 is 5.32 Å². The van der Waals surface area contributed by atoms with E-state index in [0.29, 0.717) is 11.5 Å². The molecule has 122 valence electrons. The van der Waals surface area contributed by atoms with Crippen LogP contribution in [0.1, 0.15) is 64.1 Å². The van der Waals surface area contributed by atoms with Crippen LogP contribution in [0.4, 0.5) is 5.82 Å². The molecule has 1 fully saturated rings. The van der Waals surface area contributed by atoms with Crippen molar-refractivity contribution in [3.8, 4) is 0 Å². The van der Waals surface area contributed by atoms with Crippen LogP contribution in [0.25, 0.3) is 0 Å². The fraction of sp³-hybridized carbons (Fsp3) is 0.750. The molecule has 22 heavy (non-hydrogen) atoms. The second-order valence-electron chi connectivity index (χ2n) is 7.41. The highest BCUT2D eigenvalue weighted by atomic mass is 32.2. The van der Waals surface area contributed by atoms with Gasteiger partial charge in [-0.3, -0.25) is 9.00 Å². The summed E-state index contributed by atoms with van der Waals surface area (Å²) in [7, 11) is -0.880. The number of nitrogens with zero attached hydrogens (tertiary/aromatic N) is 2. The van der Waals surface area contributed by atoms with E-state index in [0.717, 1.165) is 42.8 Å².